The molecular weight excluding hydrogens is 396 g/mol. The minimum atomic E-state index is -0.314. The average Bonchev–Trinajstić information content (AvgIpc) is 3.38. The van der Waals surface area contributed by atoms with E-state index >= 15 is 0 Å². The number of rotatable bonds is 7. The Morgan fingerprint density at radius 3 is 2.77 bits per heavy atom. The van der Waals surface area contributed by atoms with Crippen molar-refractivity contribution in [2.45, 2.75) is 40.2 Å². The van der Waals surface area contributed by atoms with Crippen molar-refractivity contribution in [1.29, 1.82) is 0 Å². The van der Waals surface area contributed by atoms with Gasteiger partial charge in [0.25, 0.3) is 0 Å². The zero-order valence-corrected chi connectivity index (χ0v) is 18.0. The van der Waals surface area contributed by atoms with E-state index in [0.717, 1.165) is 33.9 Å². The summed E-state index contributed by atoms with van der Waals surface area (Å²) in [5.41, 5.74) is 6.05. The van der Waals surface area contributed by atoms with Crippen molar-refractivity contribution in [3.63, 3.8) is 0 Å². The van der Waals surface area contributed by atoms with Crippen molar-refractivity contribution in [3.05, 3.63) is 64.8 Å². The maximum Gasteiger partial charge on any atom is 0.306 e. The highest BCUT2D eigenvalue weighted by molar-refractivity contribution is 5.70. The summed E-state index contributed by atoms with van der Waals surface area (Å²) in [5, 5.41) is 8.52. The molecule has 4 rings (SSSR count). The van der Waals surface area contributed by atoms with Gasteiger partial charge in [0.2, 0.25) is 0 Å². The lowest BCUT2D eigenvalue weighted by Gasteiger charge is -2.10. The first kappa shape index (κ1) is 20.6. The molecule has 0 aliphatic rings. The van der Waals surface area contributed by atoms with Crippen LogP contribution in [0.5, 0.6) is 5.75 Å². The van der Waals surface area contributed by atoms with Crippen molar-refractivity contribution in [3.8, 4) is 17.0 Å². The molecule has 0 atom stereocenters. The maximum atomic E-state index is 12.3. The molecule has 0 amide bonds. The van der Waals surface area contributed by atoms with Gasteiger partial charge in [0, 0.05) is 35.5 Å². The van der Waals surface area contributed by atoms with Gasteiger partial charge < -0.3 is 14.0 Å². The summed E-state index contributed by atoms with van der Waals surface area (Å²) >= 11 is 0. The predicted octanol–water partition coefficient (Wildman–Crippen LogP) is 3.99. The zero-order valence-electron chi connectivity index (χ0n) is 18.0. The van der Waals surface area contributed by atoms with Gasteiger partial charge in [-0.15, -0.1) is 0 Å². The SMILES string of the molecule is COc1ccccc1-c1cc(COC(=O)CCc2c(C)nc3cc(C)nn3c2C)on1. The average molecular weight is 420 g/mol. The second kappa shape index (κ2) is 8.59. The lowest BCUT2D eigenvalue weighted by atomic mass is 10.1. The third-order valence-corrected chi connectivity index (χ3v) is 5.18. The van der Waals surface area contributed by atoms with Gasteiger partial charge in [-0.3, -0.25) is 4.79 Å². The quantitative estimate of drug-likeness (QED) is 0.417. The third kappa shape index (κ3) is 4.28. The summed E-state index contributed by atoms with van der Waals surface area (Å²) < 4.78 is 17.9. The van der Waals surface area contributed by atoms with Crippen molar-refractivity contribution in [2.75, 3.05) is 7.11 Å². The third-order valence-electron chi connectivity index (χ3n) is 5.18. The van der Waals surface area contributed by atoms with Gasteiger partial charge in [-0.25, -0.2) is 9.50 Å². The molecule has 0 radical (unpaired) electrons. The van der Waals surface area contributed by atoms with Crippen LogP contribution in [-0.2, 0) is 22.6 Å². The smallest absolute Gasteiger partial charge is 0.306 e. The van der Waals surface area contributed by atoms with Crippen LogP contribution in [0.3, 0.4) is 0 Å². The van der Waals surface area contributed by atoms with Gasteiger partial charge in [-0.1, -0.05) is 17.3 Å². The molecule has 4 aromatic rings. The molecule has 0 fully saturated rings. The topological polar surface area (TPSA) is 91.8 Å². The van der Waals surface area contributed by atoms with E-state index in [-0.39, 0.29) is 19.0 Å². The van der Waals surface area contributed by atoms with Gasteiger partial charge in [-0.05, 0) is 44.9 Å². The summed E-state index contributed by atoms with van der Waals surface area (Å²) in [7, 11) is 1.60. The normalized spacial score (nSPS) is 11.1. The highest BCUT2D eigenvalue weighted by atomic mass is 16.5. The molecular formula is C23H24N4O4. The van der Waals surface area contributed by atoms with E-state index in [1.165, 1.54) is 0 Å². The van der Waals surface area contributed by atoms with Crippen LogP contribution in [0.4, 0.5) is 0 Å². The Labute approximate surface area is 179 Å². The molecule has 1 aromatic carbocycles. The van der Waals surface area contributed by atoms with Crippen molar-refractivity contribution < 1.29 is 18.8 Å². The van der Waals surface area contributed by atoms with E-state index in [9.17, 15) is 4.79 Å². The molecule has 0 aliphatic heterocycles. The number of carbonyl (C=O) groups excluding carboxylic acids is 1. The van der Waals surface area contributed by atoms with Gasteiger partial charge in [0.15, 0.2) is 18.0 Å². The fraction of sp³-hybridized carbons (Fsp3) is 0.304. The molecule has 0 saturated carbocycles. The summed E-state index contributed by atoms with van der Waals surface area (Å²) in [6.45, 7) is 5.89. The first-order valence-electron chi connectivity index (χ1n) is 10.0. The van der Waals surface area contributed by atoms with Crippen LogP contribution < -0.4 is 4.74 Å². The van der Waals surface area contributed by atoms with Crippen LogP contribution in [-0.4, -0.2) is 32.8 Å². The molecule has 3 aromatic heterocycles. The molecule has 0 saturated heterocycles. The van der Waals surface area contributed by atoms with Crippen molar-refractivity contribution in [2.24, 2.45) is 0 Å². The van der Waals surface area contributed by atoms with Crippen LogP contribution in [0, 0.1) is 20.8 Å². The fourth-order valence-electron chi connectivity index (χ4n) is 3.62. The number of ether oxygens (including phenoxy) is 2. The van der Waals surface area contributed by atoms with Crippen molar-refractivity contribution >= 4 is 11.6 Å². The Balaban J connectivity index is 1.37. The number of methoxy groups -OCH3 is 1. The molecule has 31 heavy (non-hydrogen) atoms. The van der Waals surface area contributed by atoms with E-state index in [0.29, 0.717) is 23.6 Å². The highest BCUT2D eigenvalue weighted by Gasteiger charge is 2.15. The van der Waals surface area contributed by atoms with E-state index in [1.807, 2.05) is 55.6 Å². The zero-order chi connectivity index (χ0) is 22.0. The number of nitrogens with zero attached hydrogens (tertiary/aromatic N) is 4. The Morgan fingerprint density at radius 2 is 1.97 bits per heavy atom. The number of esters is 1. The second-order valence-electron chi connectivity index (χ2n) is 7.36. The van der Waals surface area contributed by atoms with E-state index < -0.39 is 0 Å². The number of benzene rings is 1. The summed E-state index contributed by atoms with van der Waals surface area (Å²) in [4.78, 5) is 16.9. The standard InChI is InChI=1S/C23H24N4O4/c1-14-11-22-24-15(2)18(16(3)27(22)25-14)9-10-23(28)30-13-17-12-20(26-31-17)19-7-5-6-8-21(19)29-4/h5-8,11-12H,9-10,13H2,1-4H3. The largest absolute Gasteiger partial charge is 0.496 e. The number of hydrogen-bond donors (Lipinski definition) is 0. The summed E-state index contributed by atoms with van der Waals surface area (Å²) in [5.74, 6) is 0.852. The molecule has 0 unspecified atom stereocenters. The molecule has 8 nitrogen and oxygen atoms in total. The lowest BCUT2D eigenvalue weighted by molar-refractivity contribution is -0.145. The first-order valence-corrected chi connectivity index (χ1v) is 10.0. The van der Waals surface area contributed by atoms with Crippen LogP contribution in [0.1, 0.15) is 34.8 Å². The second-order valence-corrected chi connectivity index (χ2v) is 7.36. The van der Waals surface area contributed by atoms with Crippen LogP contribution in [0.2, 0.25) is 0 Å². The summed E-state index contributed by atoms with van der Waals surface area (Å²) in [6.07, 6.45) is 0.768. The number of fused-ring (bicyclic) bond motifs is 1. The molecule has 0 spiro atoms. The van der Waals surface area contributed by atoms with Crippen LogP contribution in [0.25, 0.3) is 16.9 Å². The predicted molar refractivity (Wildman–Crippen MR) is 114 cm³/mol. The molecule has 8 heteroatoms. The number of carbonyl (C=O) groups is 1. The van der Waals surface area contributed by atoms with Gasteiger partial charge in [0.05, 0.1) is 12.8 Å². The van der Waals surface area contributed by atoms with Gasteiger partial charge in [0.1, 0.15) is 11.4 Å². The minimum absolute atomic E-state index is 0.0224. The van der Waals surface area contributed by atoms with Crippen molar-refractivity contribution in [1.82, 2.24) is 19.8 Å². The van der Waals surface area contributed by atoms with Gasteiger partial charge >= 0.3 is 5.97 Å². The van der Waals surface area contributed by atoms with E-state index in [1.54, 1.807) is 13.2 Å². The number of para-hydroxylation sites is 1. The molecule has 0 N–H and O–H groups in total. The maximum absolute atomic E-state index is 12.3. The molecule has 3 heterocycles. The fourth-order valence-corrected chi connectivity index (χ4v) is 3.62. The Hall–Kier alpha value is -3.68. The minimum Gasteiger partial charge on any atom is -0.496 e. The first-order chi connectivity index (χ1) is 15.0. The van der Waals surface area contributed by atoms with Gasteiger partial charge in [-0.2, -0.15) is 5.10 Å². The summed E-state index contributed by atoms with van der Waals surface area (Å²) in [6, 6.07) is 11.2. The monoisotopic (exact) mass is 420 g/mol. The Kier molecular flexibility index (Phi) is 5.70. The van der Waals surface area contributed by atoms with Crippen LogP contribution >= 0.6 is 0 Å². The van der Waals surface area contributed by atoms with E-state index in [4.69, 9.17) is 14.0 Å². The lowest BCUT2D eigenvalue weighted by Crippen LogP contribution is -2.10. The molecule has 160 valence electrons. The number of aryl methyl sites for hydroxylation is 3. The van der Waals surface area contributed by atoms with E-state index in [2.05, 4.69) is 15.2 Å². The Bertz CT molecular complexity index is 1240. The number of hydrogen-bond acceptors (Lipinski definition) is 7. The molecule has 0 bridgehead atoms. The molecule has 0 aliphatic carbocycles. The highest BCUT2D eigenvalue weighted by Crippen LogP contribution is 2.29. The van der Waals surface area contributed by atoms with Crippen LogP contribution in [0.15, 0.2) is 40.9 Å². The Morgan fingerprint density at radius 1 is 1.16 bits per heavy atom. The number of aromatic nitrogens is 4.